The molecule has 0 fully saturated rings. The molecule has 7 heteroatoms. The van der Waals surface area contributed by atoms with Crippen LogP contribution in [0.1, 0.15) is 48.9 Å². The Hall–Kier alpha value is -3.45. The Morgan fingerprint density at radius 1 is 0.974 bits per heavy atom. The second kappa shape index (κ2) is 12.4. The summed E-state index contributed by atoms with van der Waals surface area (Å²) in [5.74, 6) is 1.00. The minimum Gasteiger partial charge on any atom is -0.507 e. The van der Waals surface area contributed by atoms with E-state index in [4.69, 9.17) is 19.9 Å². The van der Waals surface area contributed by atoms with E-state index < -0.39 is 5.82 Å². The van der Waals surface area contributed by atoms with Gasteiger partial charge in [-0.3, -0.25) is 0 Å². The third-order valence-corrected chi connectivity index (χ3v) is 7.06. The molecule has 0 atom stereocenters. The van der Waals surface area contributed by atoms with Crippen molar-refractivity contribution in [3.05, 3.63) is 64.5 Å². The number of nitrogens with one attached hydrogen (secondary N) is 1. The van der Waals surface area contributed by atoms with E-state index in [1.54, 1.807) is 6.07 Å². The molecule has 204 valence electrons. The highest BCUT2D eigenvalue weighted by atomic mass is 19.1. The second-order valence-electron chi connectivity index (χ2n) is 10.2. The van der Waals surface area contributed by atoms with E-state index in [1.165, 1.54) is 14.2 Å². The Labute approximate surface area is 224 Å². The van der Waals surface area contributed by atoms with Gasteiger partial charge in [-0.05, 0) is 73.0 Å². The largest absolute Gasteiger partial charge is 0.507 e. The number of methoxy groups -OCH3 is 2. The monoisotopic (exact) mass is 522 g/mol. The molecule has 0 aliphatic heterocycles. The quantitative estimate of drug-likeness (QED) is 0.215. The fraction of sp³-hybridized carbons (Fsp3) is 0.419. The van der Waals surface area contributed by atoms with Gasteiger partial charge < -0.3 is 30.4 Å². The Balaban J connectivity index is 1.72. The van der Waals surface area contributed by atoms with Gasteiger partial charge in [0.25, 0.3) is 0 Å². The van der Waals surface area contributed by atoms with E-state index in [1.807, 2.05) is 30.3 Å². The fourth-order valence-electron chi connectivity index (χ4n) is 5.23. The van der Waals surface area contributed by atoms with Gasteiger partial charge in [0.15, 0.2) is 17.3 Å². The van der Waals surface area contributed by atoms with Crippen molar-refractivity contribution in [3.63, 3.8) is 0 Å². The van der Waals surface area contributed by atoms with Crippen LogP contribution in [0.2, 0.25) is 0 Å². The number of hydrogen-bond donors (Lipinski definition) is 3. The van der Waals surface area contributed by atoms with Crippen LogP contribution in [-0.2, 0) is 19.3 Å². The molecule has 38 heavy (non-hydrogen) atoms. The highest BCUT2D eigenvalue weighted by Crippen LogP contribution is 2.50. The lowest BCUT2D eigenvalue weighted by Gasteiger charge is -2.25. The number of ether oxygens (including phenoxy) is 3. The molecule has 1 aliphatic carbocycles. The zero-order valence-corrected chi connectivity index (χ0v) is 22.8. The number of anilines is 1. The summed E-state index contributed by atoms with van der Waals surface area (Å²) in [7, 11) is 2.89. The SMILES string of the molecule is COc1c(F)c(N)c(-c2c(O)ccc3c2CCCC3)c(Cc2ccc(OCCNCC(C)C)cc2)c1OC. The highest BCUT2D eigenvalue weighted by Gasteiger charge is 2.29. The summed E-state index contributed by atoms with van der Waals surface area (Å²) in [4.78, 5) is 0. The number of nitrogen functional groups attached to an aromatic ring is 1. The molecular weight excluding hydrogens is 483 g/mol. The van der Waals surface area contributed by atoms with Crippen LogP contribution in [0.4, 0.5) is 10.1 Å². The number of hydrogen-bond acceptors (Lipinski definition) is 6. The molecule has 4 N–H and O–H groups in total. The van der Waals surface area contributed by atoms with Gasteiger partial charge in [0.1, 0.15) is 18.1 Å². The van der Waals surface area contributed by atoms with Gasteiger partial charge in [-0.25, -0.2) is 4.39 Å². The summed E-state index contributed by atoms with van der Waals surface area (Å²) in [5.41, 5.74) is 11.3. The molecule has 4 rings (SSSR count). The first-order chi connectivity index (χ1) is 18.3. The Bertz CT molecular complexity index is 1260. The third-order valence-electron chi connectivity index (χ3n) is 7.06. The average Bonchev–Trinajstić information content (AvgIpc) is 2.92. The Morgan fingerprint density at radius 2 is 1.68 bits per heavy atom. The highest BCUT2D eigenvalue weighted by molar-refractivity contribution is 5.89. The maximum atomic E-state index is 15.5. The minimum absolute atomic E-state index is 0.0399. The molecule has 6 nitrogen and oxygen atoms in total. The van der Waals surface area contributed by atoms with Gasteiger partial charge >= 0.3 is 0 Å². The molecule has 3 aromatic carbocycles. The van der Waals surface area contributed by atoms with Gasteiger partial charge in [-0.2, -0.15) is 0 Å². The summed E-state index contributed by atoms with van der Waals surface area (Å²) >= 11 is 0. The molecule has 1 aliphatic rings. The summed E-state index contributed by atoms with van der Waals surface area (Å²) in [6.45, 7) is 6.65. The second-order valence-corrected chi connectivity index (χ2v) is 10.2. The molecule has 0 saturated carbocycles. The number of nitrogens with two attached hydrogens (primary N) is 1. The summed E-state index contributed by atoms with van der Waals surface area (Å²) < 4.78 is 32.5. The Kier molecular flexibility index (Phi) is 9.00. The minimum atomic E-state index is -0.689. The molecule has 3 aromatic rings. The summed E-state index contributed by atoms with van der Waals surface area (Å²) in [5, 5.41) is 14.4. The molecule has 0 amide bonds. The predicted octanol–water partition coefficient (Wildman–Crippen LogP) is 5.89. The van der Waals surface area contributed by atoms with Gasteiger partial charge in [0.2, 0.25) is 0 Å². The van der Waals surface area contributed by atoms with E-state index in [2.05, 4.69) is 19.2 Å². The van der Waals surface area contributed by atoms with E-state index in [0.717, 1.165) is 61.2 Å². The molecule has 0 aromatic heterocycles. The van der Waals surface area contributed by atoms with Crippen molar-refractivity contribution in [2.45, 2.75) is 46.0 Å². The van der Waals surface area contributed by atoms with Crippen LogP contribution in [-0.4, -0.2) is 39.0 Å². The predicted molar refractivity (Wildman–Crippen MR) is 150 cm³/mol. The normalized spacial score (nSPS) is 12.9. The van der Waals surface area contributed by atoms with Crippen LogP contribution in [0.25, 0.3) is 11.1 Å². The van der Waals surface area contributed by atoms with Crippen LogP contribution >= 0.6 is 0 Å². The van der Waals surface area contributed by atoms with Crippen LogP contribution in [0, 0.1) is 11.7 Å². The lowest BCUT2D eigenvalue weighted by molar-refractivity contribution is 0.311. The summed E-state index contributed by atoms with van der Waals surface area (Å²) in [6.07, 6.45) is 4.21. The number of phenols is 1. The number of benzene rings is 3. The van der Waals surface area contributed by atoms with Gasteiger partial charge in [-0.15, -0.1) is 0 Å². The van der Waals surface area contributed by atoms with Gasteiger partial charge in [-0.1, -0.05) is 32.0 Å². The number of rotatable bonds is 11. The van der Waals surface area contributed by atoms with Crippen molar-refractivity contribution in [1.29, 1.82) is 0 Å². The van der Waals surface area contributed by atoms with E-state index in [0.29, 0.717) is 35.6 Å². The van der Waals surface area contributed by atoms with Crippen molar-refractivity contribution < 1.29 is 23.7 Å². The van der Waals surface area contributed by atoms with E-state index >= 15 is 4.39 Å². The van der Waals surface area contributed by atoms with Crippen LogP contribution in [0.3, 0.4) is 0 Å². The first kappa shape index (κ1) is 27.6. The summed E-state index contributed by atoms with van der Waals surface area (Å²) in [6, 6.07) is 11.4. The number of aromatic hydroxyl groups is 1. The molecule has 0 heterocycles. The molecule has 0 radical (unpaired) electrons. The van der Waals surface area contributed by atoms with Crippen molar-refractivity contribution >= 4 is 5.69 Å². The van der Waals surface area contributed by atoms with Crippen LogP contribution < -0.4 is 25.3 Å². The number of fused-ring (bicyclic) bond motifs is 1. The Morgan fingerprint density at radius 3 is 2.37 bits per heavy atom. The maximum Gasteiger partial charge on any atom is 0.199 e. The third kappa shape index (κ3) is 5.83. The first-order valence-electron chi connectivity index (χ1n) is 13.3. The molecule has 0 bridgehead atoms. The fourth-order valence-corrected chi connectivity index (χ4v) is 5.23. The van der Waals surface area contributed by atoms with Gasteiger partial charge in [0.05, 0.1) is 19.9 Å². The molecule has 0 saturated heterocycles. The maximum absolute atomic E-state index is 15.5. The van der Waals surface area contributed by atoms with Crippen molar-refractivity contribution in [1.82, 2.24) is 5.32 Å². The van der Waals surface area contributed by atoms with E-state index in [-0.39, 0.29) is 22.9 Å². The van der Waals surface area contributed by atoms with Crippen molar-refractivity contribution in [2.75, 3.05) is 39.6 Å². The van der Waals surface area contributed by atoms with Gasteiger partial charge in [0, 0.05) is 29.7 Å². The van der Waals surface area contributed by atoms with E-state index in [9.17, 15) is 5.11 Å². The topological polar surface area (TPSA) is 86.0 Å². The average molecular weight is 523 g/mol. The number of aryl methyl sites for hydroxylation is 1. The van der Waals surface area contributed by atoms with Crippen LogP contribution in [0.5, 0.6) is 23.0 Å². The molecule has 0 unspecified atom stereocenters. The molecular formula is C31H39FN2O4. The number of phenolic OH excluding ortho intramolecular Hbond substituents is 1. The standard InChI is InChI=1S/C31H39FN2O4/c1-19(2)18-34-15-16-38-22-12-9-20(10-13-22)17-24-27(29(33)28(32)31(37-4)30(24)36-3)26-23-8-6-5-7-21(23)11-14-25(26)35/h9-14,19,34-35H,5-8,15-18,33H2,1-4H3. The van der Waals surface area contributed by atoms with Crippen LogP contribution in [0.15, 0.2) is 36.4 Å². The lowest BCUT2D eigenvalue weighted by Crippen LogP contribution is -2.24. The first-order valence-corrected chi connectivity index (χ1v) is 13.3. The lowest BCUT2D eigenvalue weighted by atomic mass is 9.82. The van der Waals surface area contributed by atoms with Crippen molar-refractivity contribution in [3.8, 4) is 34.1 Å². The zero-order chi connectivity index (χ0) is 27.2. The zero-order valence-electron chi connectivity index (χ0n) is 22.8. The smallest absolute Gasteiger partial charge is 0.199 e. The molecule has 0 spiro atoms. The van der Waals surface area contributed by atoms with Crippen molar-refractivity contribution in [2.24, 2.45) is 5.92 Å². The number of halogens is 1.